The zero-order chi connectivity index (χ0) is 11.2. The molecule has 0 saturated carbocycles. The smallest absolute Gasteiger partial charge is 0.202 e. The van der Waals surface area contributed by atoms with Crippen molar-refractivity contribution < 1.29 is 0 Å². The van der Waals surface area contributed by atoms with Crippen molar-refractivity contribution in [1.82, 2.24) is 24.5 Å². The van der Waals surface area contributed by atoms with E-state index < -0.39 is 0 Å². The van der Waals surface area contributed by atoms with Crippen molar-refractivity contribution in [2.45, 2.75) is 26.2 Å². The minimum atomic E-state index is 0.874. The topological polar surface area (TPSA) is 79.4 Å². The second kappa shape index (κ2) is 5.55. The summed E-state index contributed by atoms with van der Waals surface area (Å²) in [7, 11) is 0. The molecule has 0 amide bonds. The highest BCUT2D eigenvalue weighted by Crippen LogP contribution is 2.11. The largest absolute Gasteiger partial charge is 0.360 e. The molecule has 0 aliphatic carbocycles. The average Bonchev–Trinajstić information content (AvgIpc) is 2.95. The van der Waals surface area contributed by atoms with Gasteiger partial charge in [0.25, 0.3) is 0 Å². The molecule has 2 aromatic rings. The molecule has 0 aliphatic rings. The van der Waals surface area contributed by atoms with Gasteiger partial charge >= 0.3 is 0 Å². The number of anilines is 1. The van der Waals surface area contributed by atoms with E-state index in [1.807, 2.05) is 0 Å². The van der Waals surface area contributed by atoms with Crippen LogP contribution in [0.1, 0.15) is 25.0 Å². The lowest BCUT2D eigenvalue weighted by Gasteiger charge is -1.99. The van der Waals surface area contributed by atoms with Gasteiger partial charge in [0.15, 0.2) is 0 Å². The molecule has 0 atom stereocenters. The minimum absolute atomic E-state index is 0.874. The summed E-state index contributed by atoms with van der Waals surface area (Å²) in [5, 5.41) is 10.8. The van der Waals surface area contributed by atoms with E-state index in [1.165, 1.54) is 17.9 Å². The van der Waals surface area contributed by atoms with Crippen molar-refractivity contribution in [1.29, 1.82) is 0 Å². The summed E-state index contributed by atoms with van der Waals surface area (Å²) >= 11 is 1.41. The van der Waals surface area contributed by atoms with Crippen molar-refractivity contribution in [3.05, 3.63) is 18.0 Å². The second-order valence-corrected chi connectivity index (χ2v) is 4.08. The van der Waals surface area contributed by atoms with Gasteiger partial charge in [-0.1, -0.05) is 6.92 Å². The van der Waals surface area contributed by atoms with Gasteiger partial charge in [-0.15, -0.1) is 0 Å². The predicted molar refractivity (Wildman–Crippen MR) is 62.5 cm³/mol. The Morgan fingerprint density at radius 2 is 2.44 bits per heavy atom. The quantitative estimate of drug-likeness (QED) is 0.741. The third kappa shape index (κ3) is 2.99. The molecular formula is C9H14N6S. The number of nitrogens with one attached hydrogen (secondary N) is 2. The Morgan fingerprint density at radius 3 is 3.12 bits per heavy atom. The van der Waals surface area contributed by atoms with Gasteiger partial charge in [0.1, 0.15) is 18.0 Å². The SMILES string of the molecule is CCc1nsc(NCCCc2ncn[nH]2)n1. The van der Waals surface area contributed by atoms with E-state index in [-0.39, 0.29) is 0 Å². The van der Waals surface area contributed by atoms with Gasteiger partial charge in [0, 0.05) is 30.9 Å². The van der Waals surface area contributed by atoms with Crippen LogP contribution < -0.4 is 5.32 Å². The number of rotatable bonds is 6. The Balaban J connectivity index is 1.68. The summed E-state index contributed by atoms with van der Waals surface area (Å²) in [5.74, 6) is 1.83. The standard InChI is InChI=1S/C9H14N6S/c1-2-7-13-9(16-15-7)10-5-3-4-8-11-6-12-14-8/h6H,2-5H2,1H3,(H,10,13,15)(H,11,12,14). The highest BCUT2D eigenvalue weighted by atomic mass is 32.1. The van der Waals surface area contributed by atoms with E-state index in [4.69, 9.17) is 0 Å². The van der Waals surface area contributed by atoms with E-state index in [1.54, 1.807) is 0 Å². The molecule has 0 aromatic carbocycles. The summed E-state index contributed by atoms with van der Waals surface area (Å²) in [4.78, 5) is 8.38. The van der Waals surface area contributed by atoms with Crippen LogP contribution in [0.3, 0.4) is 0 Å². The molecule has 0 saturated heterocycles. The first-order chi connectivity index (χ1) is 7.88. The fourth-order valence-corrected chi connectivity index (χ4v) is 1.95. The summed E-state index contributed by atoms with van der Waals surface area (Å²) in [6.45, 7) is 2.93. The van der Waals surface area contributed by atoms with E-state index >= 15 is 0 Å². The predicted octanol–water partition coefficient (Wildman–Crippen LogP) is 1.26. The Labute approximate surface area is 97.7 Å². The molecule has 7 heteroatoms. The zero-order valence-electron chi connectivity index (χ0n) is 9.10. The maximum absolute atomic E-state index is 4.32. The van der Waals surface area contributed by atoms with Crippen molar-refractivity contribution in [3.8, 4) is 0 Å². The molecule has 0 bridgehead atoms. The summed E-state index contributed by atoms with van der Waals surface area (Å²) in [6, 6.07) is 0. The fourth-order valence-electron chi connectivity index (χ4n) is 1.27. The highest BCUT2D eigenvalue weighted by molar-refractivity contribution is 7.09. The third-order valence-corrected chi connectivity index (χ3v) is 2.83. The molecule has 6 nitrogen and oxygen atoms in total. The first kappa shape index (κ1) is 11.0. The summed E-state index contributed by atoms with van der Waals surface area (Å²) < 4.78 is 4.20. The number of hydrogen-bond acceptors (Lipinski definition) is 6. The number of aryl methyl sites for hydroxylation is 2. The molecule has 0 spiro atoms. The minimum Gasteiger partial charge on any atom is -0.360 e. The number of aromatic amines is 1. The number of aromatic nitrogens is 5. The van der Waals surface area contributed by atoms with Crippen LogP contribution in [0.4, 0.5) is 5.13 Å². The van der Waals surface area contributed by atoms with Crippen LogP contribution in [0.25, 0.3) is 0 Å². The number of hydrogen-bond donors (Lipinski definition) is 2. The van der Waals surface area contributed by atoms with Crippen molar-refractivity contribution >= 4 is 16.7 Å². The van der Waals surface area contributed by atoms with Gasteiger partial charge in [0.2, 0.25) is 5.13 Å². The van der Waals surface area contributed by atoms with E-state index in [0.29, 0.717) is 0 Å². The average molecular weight is 238 g/mol. The van der Waals surface area contributed by atoms with Gasteiger partial charge < -0.3 is 5.32 Å². The van der Waals surface area contributed by atoms with Gasteiger partial charge in [0.05, 0.1) is 0 Å². The van der Waals surface area contributed by atoms with Crippen LogP contribution in [0.2, 0.25) is 0 Å². The van der Waals surface area contributed by atoms with Crippen LogP contribution >= 0.6 is 11.5 Å². The van der Waals surface area contributed by atoms with Gasteiger partial charge in [-0.3, -0.25) is 5.10 Å². The summed E-state index contributed by atoms with van der Waals surface area (Å²) in [5.41, 5.74) is 0. The molecule has 2 N–H and O–H groups in total. The fraction of sp³-hybridized carbons (Fsp3) is 0.556. The van der Waals surface area contributed by atoms with Gasteiger partial charge in [-0.25, -0.2) is 9.97 Å². The molecule has 86 valence electrons. The molecule has 0 unspecified atom stereocenters. The molecule has 0 fully saturated rings. The van der Waals surface area contributed by atoms with Crippen molar-refractivity contribution in [2.75, 3.05) is 11.9 Å². The van der Waals surface area contributed by atoms with Crippen LogP contribution in [-0.2, 0) is 12.8 Å². The van der Waals surface area contributed by atoms with E-state index in [9.17, 15) is 0 Å². The Hall–Kier alpha value is -1.50. The Kier molecular flexibility index (Phi) is 3.81. The maximum Gasteiger partial charge on any atom is 0.202 e. The van der Waals surface area contributed by atoms with Crippen LogP contribution in [-0.4, -0.2) is 31.1 Å². The number of H-pyrrole nitrogens is 1. The lowest BCUT2D eigenvalue weighted by atomic mass is 10.3. The van der Waals surface area contributed by atoms with Crippen LogP contribution in [0, 0.1) is 0 Å². The number of nitrogens with zero attached hydrogens (tertiary/aromatic N) is 4. The van der Waals surface area contributed by atoms with E-state index in [2.05, 4.69) is 36.8 Å². The molecule has 0 aliphatic heterocycles. The van der Waals surface area contributed by atoms with E-state index in [0.717, 1.165) is 42.6 Å². The Bertz CT molecular complexity index is 409. The second-order valence-electron chi connectivity index (χ2n) is 3.33. The molecular weight excluding hydrogens is 224 g/mol. The first-order valence-electron chi connectivity index (χ1n) is 5.29. The lowest BCUT2D eigenvalue weighted by molar-refractivity contribution is 0.804. The zero-order valence-corrected chi connectivity index (χ0v) is 9.92. The molecule has 2 rings (SSSR count). The maximum atomic E-state index is 4.32. The third-order valence-electron chi connectivity index (χ3n) is 2.12. The molecule has 2 heterocycles. The van der Waals surface area contributed by atoms with Gasteiger partial charge in [-0.05, 0) is 6.42 Å². The van der Waals surface area contributed by atoms with Gasteiger partial charge in [-0.2, -0.15) is 9.47 Å². The monoisotopic (exact) mass is 238 g/mol. The molecule has 2 aromatic heterocycles. The molecule has 0 radical (unpaired) electrons. The first-order valence-corrected chi connectivity index (χ1v) is 6.06. The highest BCUT2D eigenvalue weighted by Gasteiger charge is 2.01. The lowest BCUT2D eigenvalue weighted by Crippen LogP contribution is -2.03. The normalized spacial score (nSPS) is 10.6. The summed E-state index contributed by atoms with van der Waals surface area (Å²) in [6.07, 6.45) is 4.31. The van der Waals surface area contributed by atoms with Crippen LogP contribution in [0.15, 0.2) is 6.33 Å². The molecule has 16 heavy (non-hydrogen) atoms. The van der Waals surface area contributed by atoms with Crippen LogP contribution in [0.5, 0.6) is 0 Å². The van der Waals surface area contributed by atoms with Crippen molar-refractivity contribution in [2.24, 2.45) is 0 Å². The Morgan fingerprint density at radius 1 is 1.50 bits per heavy atom. The van der Waals surface area contributed by atoms with Crippen molar-refractivity contribution in [3.63, 3.8) is 0 Å².